The SMILES string of the molecule is Oc1ccccc1-c1nc(-c2ccccc2)c(-c2ccccc2)n1-c1nccs1. The van der Waals surface area contributed by atoms with Gasteiger partial charge in [0.25, 0.3) is 0 Å². The van der Waals surface area contributed by atoms with Gasteiger partial charge in [-0.25, -0.2) is 9.97 Å². The van der Waals surface area contributed by atoms with Gasteiger partial charge in [0.1, 0.15) is 5.75 Å². The normalized spacial score (nSPS) is 10.9. The zero-order valence-electron chi connectivity index (χ0n) is 15.4. The number of phenols is 1. The number of nitrogens with zero attached hydrogens (tertiary/aromatic N) is 3. The van der Waals surface area contributed by atoms with Crippen LogP contribution in [0.25, 0.3) is 39.0 Å². The fraction of sp³-hybridized carbons (Fsp3) is 0. The molecule has 4 nitrogen and oxygen atoms in total. The molecule has 5 heteroatoms. The van der Waals surface area contributed by atoms with Crippen LogP contribution in [-0.2, 0) is 0 Å². The van der Waals surface area contributed by atoms with E-state index in [1.165, 1.54) is 11.3 Å². The van der Waals surface area contributed by atoms with Crippen LogP contribution in [0.1, 0.15) is 0 Å². The van der Waals surface area contributed by atoms with E-state index < -0.39 is 0 Å². The molecule has 0 unspecified atom stereocenters. The Morgan fingerprint density at radius 2 is 1.41 bits per heavy atom. The quantitative estimate of drug-likeness (QED) is 0.404. The summed E-state index contributed by atoms with van der Waals surface area (Å²) in [7, 11) is 0. The van der Waals surface area contributed by atoms with Gasteiger partial charge in [0.15, 0.2) is 11.0 Å². The third-order valence-electron chi connectivity index (χ3n) is 4.73. The zero-order valence-corrected chi connectivity index (χ0v) is 16.3. The number of aromatic nitrogens is 3. The molecule has 29 heavy (non-hydrogen) atoms. The van der Waals surface area contributed by atoms with Crippen molar-refractivity contribution in [2.75, 3.05) is 0 Å². The maximum absolute atomic E-state index is 10.6. The second-order valence-electron chi connectivity index (χ2n) is 6.53. The van der Waals surface area contributed by atoms with Crippen molar-refractivity contribution in [3.05, 3.63) is 96.5 Å². The Balaban J connectivity index is 1.90. The molecule has 2 aromatic heterocycles. The number of benzene rings is 3. The Hall–Kier alpha value is -3.70. The van der Waals surface area contributed by atoms with Crippen LogP contribution in [-0.4, -0.2) is 19.6 Å². The Morgan fingerprint density at radius 3 is 2.07 bits per heavy atom. The second-order valence-corrected chi connectivity index (χ2v) is 7.40. The van der Waals surface area contributed by atoms with E-state index in [1.807, 2.05) is 64.5 Å². The van der Waals surface area contributed by atoms with Crippen molar-refractivity contribution in [3.8, 4) is 44.8 Å². The first kappa shape index (κ1) is 17.4. The van der Waals surface area contributed by atoms with Crippen molar-refractivity contribution in [2.24, 2.45) is 0 Å². The van der Waals surface area contributed by atoms with Crippen molar-refractivity contribution in [1.82, 2.24) is 14.5 Å². The molecule has 0 aliphatic heterocycles. The molecule has 0 bridgehead atoms. The summed E-state index contributed by atoms with van der Waals surface area (Å²) < 4.78 is 2.04. The zero-order chi connectivity index (χ0) is 19.6. The van der Waals surface area contributed by atoms with Crippen molar-refractivity contribution in [3.63, 3.8) is 0 Å². The molecule has 140 valence electrons. The highest BCUT2D eigenvalue weighted by Crippen LogP contribution is 2.40. The Kier molecular flexibility index (Phi) is 4.42. The van der Waals surface area contributed by atoms with Gasteiger partial charge in [-0.15, -0.1) is 11.3 Å². The molecule has 0 atom stereocenters. The lowest BCUT2D eigenvalue weighted by molar-refractivity contribution is 0.477. The molecular formula is C24H17N3OS. The molecule has 5 aromatic rings. The highest BCUT2D eigenvalue weighted by Gasteiger charge is 2.24. The van der Waals surface area contributed by atoms with E-state index in [0.29, 0.717) is 11.4 Å². The fourth-order valence-electron chi connectivity index (χ4n) is 3.44. The molecule has 0 aliphatic carbocycles. The van der Waals surface area contributed by atoms with Crippen LogP contribution in [0.5, 0.6) is 5.75 Å². The van der Waals surface area contributed by atoms with Crippen LogP contribution in [0, 0.1) is 0 Å². The fourth-order valence-corrected chi connectivity index (χ4v) is 4.08. The summed E-state index contributed by atoms with van der Waals surface area (Å²) in [5.74, 6) is 0.852. The number of imidazole rings is 1. The van der Waals surface area contributed by atoms with Crippen molar-refractivity contribution in [1.29, 1.82) is 0 Å². The molecule has 0 amide bonds. The third kappa shape index (κ3) is 3.11. The maximum Gasteiger partial charge on any atom is 0.195 e. The minimum absolute atomic E-state index is 0.189. The average Bonchev–Trinajstić information content (AvgIpc) is 3.43. The number of para-hydroxylation sites is 1. The van der Waals surface area contributed by atoms with E-state index in [9.17, 15) is 5.11 Å². The van der Waals surface area contributed by atoms with Crippen LogP contribution in [0.15, 0.2) is 96.5 Å². The van der Waals surface area contributed by atoms with E-state index in [-0.39, 0.29) is 5.75 Å². The van der Waals surface area contributed by atoms with Gasteiger partial charge in [-0.05, 0) is 12.1 Å². The number of aromatic hydroxyl groups is 1. The largest absolute Gasteiger partial charge is 0.507 e. The van der Waals surface area contributed by atoms with Gasteiger partial charge in [-0.3, -0.25) is 4.57 Å². The Labute approximate surface area is 172 Å². The first-order valence-corrected chi connectivity index (χ1v) is 10.1. The molecule has 0 radical (unpaired) electrons. The maximum atomic E-state index is 10.6. The smallest absolute Gasteiger partial charge is 0.195 e. The van der Waals surface area contributed by atoms with Crippen molar-refractivity contribution >= 4 is 11.3 Å². The summed E-state index contributed by atoms with van der Waals surface area (Å²) in [4.78, 5) is 9.57. The van der Waals surface area contributed by atoms with Crippen LogP contribution in [0.3, 0.4) is 0 Å². The lowest BCUT2D eigenvalue weighted by Gasteiger charge is -2.11. The molecular weight excluding hydrogens is 378 g/mol. The third-order valence-corrected chi connectivity index (χ3v) is 5.48. The lowest BCUT2D eigenvalue weighted by Crippen LogP contribution is -1.99. The summed E-state index contributed by atoms with van der Waals surface area (Å²) in [6.45, 7) is 0. The monoisotopic (exact) mass is 395 g/mol. The molecule has 0 aliphatic rings. The van der Waals surface area contributed by atoms with Gasteiger partial charge >= 0.3 is 0 Å². The molecule has 1 N–H and O–H groups in total. The number of hydrogen-bond donors (Lipinski definition) is 1. The summed E-state index contributed by atoms with van der Waals surface area (Å²) in [5.41, 5.74) is 4.52. The average molecular weight is 395 g/mol. The molecule has 3 aromatic carbocycles. The predicted molar refractivity (Wildman–Crippen MR) is 117 cm³/mol. The number of rotatable bonds is 4. The van der Waals surface area contributed by atoms with Gasteiger partial charge in [0.2, 0.25) is 0 Å². The van der Waals surface area contributed by atoms with Crippen LogP contribution >= 0.6 is 11.3 Å². The van der Waals surface area contributed by atoms with Crippen LogP contribution in [0.2, 0.25) is 0 Å². The van der Waals surface area contributed by atoms with Crippen LogP contribution < -0.4 is 0 Å². The highest BCUT2D eigenvalue weighted by molar-refractivity contribution is 7.12. The van der Waals surface area contributed by atoms with Gasteiger partial charge in [-0.2, -0.15) is 0 Å². The lowest BCUT2D eigenvalue weighted by atomic mass is 10.0. The first-order chi connectivity index (χ1) is 14.3. The van der Waals surface area contributed by atoms with E-state index in [0.717, 1.165) is 27.6 Å². The Bertz CT molecular complexity index is 1250. The molecule has 0 saturated carbocycles. The van der Waals surface area contributed by atoms with E-state index in [4.69, 9.17) is 4.98 Å². The minimum Gasteiger partial charge on any atom is -0.507 e. The summed E-state index contributed by atoms with van der Waals surface area (Å²) in [5, 5.41) is 13.3. The van der Waals surface area contributed by atoms with E-state index in [2.05, 4.69) is 29.2 Å². The van der Waals surface area contributed by atoms with Gasteiger partial charge < -0.3 is 5.11 Å². The van der Waals surface area contributed by atoms with Gasteiger partial charge in [0, 0.05) is 22.7 Å². The number of thiazole rings is 1. The molecule has 0 saturated heterocycles. The van der Waals surface area contributed by atoms with Crippen molar-refractivity contribution < 1.29 is 5.11 Å². The first-order valence-electron chi connectivity index (χ1n) is 9.25. The second kappa shape index (κ2) is 7.37. The van der Waals surface area contributed by atoms with E-state index in [1.54, 1.807) is 12.3 Å². The molecule has 2 heterocycles. The Morgan fingerprint density at radius 1 is 0.759 bits per heavy atom. The van der Waals surface area contributed by atoms with Gasteiger partial charge in [-0.1, -0.05) is 72.8 Å². The van der Waals surface area contributed by atoms with Gasteiger partial charge in [0.05, 0.1) is 17.0 Å². The molecule has 0 spiro atoms. The topological polar surface area (TPSA) is 50.9 Å². The standard InChI is InChI=1S/C24H17N3OS/c28-20-14-8-7-13-19(20)23-26-21(17-9-3-1-4-10-17)22(18-11-5-2-6-12-18)27(23)24-25-15-16-29-24/h1-16,28H. The van der Waals surface area contributed by atoms with E-state index >= 15 is 0 Å². The van der Waals surface area contributed by atoms with Crippen LogP contribution in [0.4, 0.5) is 0 Å². The summed E-state index contributed by atoms with van der Waals surface area (Å²) in [6.07, 6.45) is 1.78. The minimum atomic E-state index is 0.189. The number of hydrogen-bond acceptors (Lipinski definition) is 4. The summed E-state index contributed by atoms with van der Waals surface area (Å²) in [6, 6.07) is 27.6. The summed E-state index contributed by atoms with van der Waals surface area (Å²) >= 11 is 1.54. The highest BCUT2D eigenvalue weighted by atomic mass is 32.1. The molecule has 0 fully saturated rings. The number of phenolic OH excluding ortho intramolecular Hbond substituents is 1. The molecule has 5 rings (SSSR count). The predicted octanol–water partition coefficient (Wildman–Crippen LogP) is 6.04. The van der Waals surface area contributed by atoms with Crippen molar-refractivity contribution in [2.45, 2.75) is 0 Å².